The zero-order valence-electron chi connectivity index (χ0n) is 13.6. The van der Waals surface area contributed by atoms with E-state index in [4.69, 9.17) is 0 Å². The molecule has 23 heavy (non-hydrogen) atoms. The number of hydrogen-bond donors (Lipinski definition) is 2. The summed E-state index contributed by atoms with van der Waals surface area (Å²) in [5.41, 5.74) is 4.07. The molecule has 0 aliphatic rings. The Morgan fingerprint density at radius 3 is 2.39 bits per heavy atom. The van der Waals surface area contributed by atoms with Crippen molar-refractivity contribution in [1.82, 2.24) is 5.32 Å². The number of aliphatic carboxylic acids is 1. The highest BCUT2D eigenvalue weighted by Crippen LogP contribution is 2.19. The van der Waals surface area contributed by atoms with E-state index in [1.54, 1.807) is 24.3 Å². The van der Waals surface area contributed by atoms with E-state index in [1.807, 2.05) is 39.0 Å². The maximum Gasteiger partial charge on any atom is 0.330 e. The molecule has 4 nitrogen and oxygen atoms in total. The highest BCUT2D eigenvalue weighted by Gasteiger charge is 2.23. The van der Waals surface area contributed by atoms with E-state index < -0.39 is 12.0 Å². The van der Waals surface area contributed by atoms with E-state index in [-0.39, 0.29) is 5.91 Å². The van der Waals surface area contributed by atoms with E-state index in [1.165, 1.54) is 0 Å². The molecule has 1 amide bonds. The predicted molar refractivity (Wildman–Crippen MR) is 89.6 cm³/mol. The van der Waals surface area contributed by atoms with Crippen molar-refractivity contribution in [1.29, 1.82) is 0 Å². The first kappa shape index (κ1) is 16.7. The number of carbonyl (C=O) groups excluding carboxylic acids is 1. The number of amides is 1. The molecule has 0 radical (unpaired) electrons. The van der Waals surface area contributed by atoms with Crippen LogP contribution in [-0.2, 0) is 11.2 Å². The molecule has 0 bridgehead atoms. The van der Waals surface area contributed by atoms with Crippen molar-refractivity contribution in [2.75, 3.05) is 0 Å². The Kier molecular flexibility index (Phi) is 5.16. The van der Waals surface area contributed by atoms with Crippen LogP contribution in [0.4, 0.5) is 0 Å². The number of benzene rings is 2. The van der Waals surface area contributed by atoms with Gasteiger partial charge in [0.2, 0.25) is 0 Å². The lowest BCUT2D eigenvalue weighted by molar-refractivity contribution is -0.139. The lowest BCUT2D eigenvalue weighted by Crippen LogP contribution is -2.34. The first-order valence-electron chi connectivity index (χ1n) is 7.62. The Labute approximate surface area is 136 Å². The van der Waals surface area contributed by atoms with Gasteiger partial charge in [-0.25, -0.2) is 4.79 Å². The number of rotatable bonds is 5. The third-order valence-corrected chi connectivity index (χ3v) is 4.03. The van der Waals surface area contributed by atoms with Crippen LogP contribution in [0.1, 0.15) is 45.6 Å². The number of nitrogens with one attached hydrogen (secondary N) is 1. The van der Waals surface area contributed by atoms with Gasteiger partial charge in [0, 0.05) is 5.56 Å². The van der Waals surface area contributed by atoms with Crippen molar-refractivity contribution in [3.63, 3.8) is 0 Å². The van der Waals surface area contributed by atoms with Crippen LogP contribution < -0.4 is 5.32 Å². The molecule has 0 heterocycles. The summed E-state index contributed by atoms with van der Waals surface area (Å²) in [6.07, 6.45) is 0.713. The van der Waals surface area contributed by atoms with Crippen LogP contribution in [0.2, 0.25) is 0 Å². The topological polar surface area (TPSA) is 66.4 Å². The molecule has 0 aliphatic heterocycles. The molecule has 0 saturated heterocycles. The van der Waals surface area contributed by atoms with Crippen LogP contribution >= 0.6 is 0 Å². The molecular weight excluding hydrogens is 290 g/mol. The molecule has 2 rings (SSSR count). The van der Waals surface area contributed by atoms with Crippen LogP contribution in [0.3, 0.4) is 0 Å². The van der Waals surface area contributed by atoms with Gasteiger partial charge in [0.05, 0.1) is 0 Å². The van der Waals surface area contributed by atoms with Crippen LogP contribution in [0.5, 0.6) is 0 Å². The molecular formula is C19H21NO3. The molecule has 0 spiro atoms. The van der Waals surface area contributed by atoms with Gasteiger partial charge in [0.15, 0.2) is 6.04 Å². The average molecular weight is 311 g/mol. The minimum absolute atomic E-state index is 0.368. The lowest BCUT2D eigenvalue weighted by atomic mass is 10.00. The fraction of sp³-hybridized carbons (Fsp3) is 0.263. The van der Waals surface area contributed by atoms with E-state index >= 15 is 0 Å². The third-order valence-electron chi connectivity index (χ3n) is 4.03. The van der Waals surface area contributed by atoms with Gasteiger partial charge >= 0.3 is 5.97 Å². The van der Waals surface area contributed by atoms with Gasteiger partial charge in [0.25, 0.3) is 5.91 Å². The number of aryl methyl sites for hydroxylation is 3. The molecule has 0 fully saturated rings. The highest BCUT2D eigenvalue weighted by molar-refractivity contribution is 5.98. The number of carboxylic acid groups (broad SMARTS) is 1. The molecule has 4 heteroatoms. The molecule has 1 atom stereocenters. The summed E-state index contributed by atoms with van der Waals surface area (Å²) in [6.45, 7) is 5.85. The zero-order chi connectivity index (χ0) is 17.0. The second-order valence-corrected chi connectivity index (χ2v) is 5.60. The Bertz CT molecular complexity index is 737. The normalized spacial score (nSPS) is 11.8. The van der Waals surface area contributed by atoms with Crippen molar-refractivity contribution >= 4 is 11.9 Å². The Hall–Kier alpha value is -2.62. The predicted octanol–water partition coefficient (Wildman–Crippen LogP) is 3.42. The van der Waals surface area contributed by atoms with Crippen LogP contribution in [0.15, 0.2) is 42.5 Å². The molecule has 0 aliphatic carbocycles. The van der Waals surface area contributed by atoms with Gasteiger partial charge in [-0.2, -0.15) is 0 Å². The number of carboxylic acids is 1. The summed E-state index contributed by atoms with van der Waals surface area (Å²) >= 11 is 0. The summed E-state index contributed by atoms with van der Waals surface area (Å²) in [7, 11) is 0. The van der Waals surface area contributed by atoms with E-state index in [0.29, 0.717) is 17.5 Å². The third kappa shape index (κ3) is 3.77. The van der Waals surface area contributed by atoms with Crippen molar-refractivity contribution in [3.05, 3.63) is 70.3 Å². The molecule has 2 aromatic rings. The second-order valence-electron chi connectivity index (χ2n) is 5.60. The van der Waals surface area contributed by atoms with E-state index in [2.05, 4.69) is 5.32 Å². The van der Waals surface area contributed by atoms with E-state index in [0.717, 1.165) is 16.7 Å². The Balaban J connectivity index is 2.31. The fourth-order valence-electron chi connectivity index (χ4n) is 2.49. The van der Waals surface area contributed by atoms with Crippen LogP contribution in [0, 0.1) is 13.8 Å². The SMILES string of the molecule is CCc1ccccc1C(=O)NC(C(=O)O)c1ccc(C)c(C)c1. The largest absolute Gasteiger partial charge is 0.479 e. The van der Waals surface area contributed by atoms with Crippen LogP contribution in [0.25, 0.3) is 0 Å². The molecule has 2 aromatic carbocycles. The molecule has 0 aromatic heterocycles. The average Bonchev–Trinajstić information content (AvgIpc) is 2.54. The molecule has 2 N–H and O–H groups in total. The smallest absolute Gasteiger partial charge is 0.330 e. The first-order valence-corrected chi connectivity index (χ1v) is 7.62. The monoisotopic (exact) mass is 311 g/mol. The lowest BCUT2D eigenvalue weighted by Gasteiger charge is -2.17. The van der Waals surface area contributed by atoms with Gasteiger partial charge in [-0.3, -0.25) is 4.79 Å². The molecule has 120 valence electrons. The van der Waals surface area contributed by atoms with Crippen molar-refractivity contribution < 1.29 is 14.7 Å². The van der Waals surface area contributed by atoms with Gasteiger partial charge in [-0.1, -0.05) is 43.3 Å². The van der Waals surface area contributed by atoms with Crippen molar-refractivity contribution in [3.8, 4) is 0 Å². The van der Waals surface area contributed by atoms with Crippen LogP contribution in [-0.4, -0.2) is 17.0 Å². The van der Waals surface area contributed by atoms with Gasteiger partial charge in [-0.05, 0) is 48.6 Å². The minimum Gasteiger partial charge on any atom is -0.479 e. The quantitative estimate of drug-likeness (QED) is 0.889. The number of carbonyl (C=O) groups is 2. The minimum atomic E-state index is -1.07. The van der Waals surface area contributed by atoms with Crippen molar-refractivity contribution in [2.24, 2.45) is 0 Å². The molecule has 0 saturated carbocycles. The fourth-order valence-corrected chi connectivity index (χ4v) is 2.49. The van der Waals surface area contributed by atoms with E-state index in [9.17, 15) is 14.7 Å². The first-order chi connectivity index (χ1) is 10.9. The summed E-state index contributed by atoms with van der Waals surface area (Å²) in [5.74, 6) is -1.44. The summed E-state index contributed by atoms with van der Waals surface area (Å²) in [5, 5.41) is 12.1. The van der Waals surface area contributed by atoms with Gasteiger partial charge in [0.1, 0.15) is 0 Å². The summed E-state index contributed by atoms with van der Waals surface area (Å²) in [4.78, 5) is 24.1. The maximum atomic E-state index is 12.5. The van der Waals surface area contributed by atoms with Crippen molar-refractivity contribution in [2.45, 2.75) is 33.2 Å². The maximum absolute atomic E-state index is 12.5. The standard InChI is InChI=1S/C19H21NO3/c1-4-14-7-5-6-8-16(14)18(21)20-17(19(22)23)15-10-9-12(2)13(3)11-15/h5-11,17H,4H2,1-3H3,(H,20,21)(H,22,23). The number of hydrogen-bond acceptors (Lipinski definition) is 2. The zero-order valence-corrected chi connectivity index (χ0v) is 13.6. The second kappa shape index (κ2) is 7.09. The summed E-state index contributed by atoms with van der Waals surface area (Å²) in [6, 6.07) is 11.6. The highest BCUT2D eigenvalue weighted by atomic mass is 16.4. The molecule has 1 unspecified atom stereocenters. The Morgan fingerprint density at radius 2 is 1.78 bits per heavy atom. The summed E-state index contributed by atoms with van der Waals surface area (Å²) < 4.78 is 0. The Morgan fingerprint density at radius 1 is 1.09 bits per heavy atom. The van der Waals surface area contributed by atoms with Gasteiger partial charge < -0.3 is 10.4 Å². The van der Waals surface area contributed by atoms with Gasteiger partial charge in [-0.15, -0.1) is 0 Å².